The smallest absolute Gasteiger partial charge is 0.387 e. The highest BCUT2D eigenvalue weighted by Crippen LogP contribution is 2.30. The van der Waals surface area contributed by atoms with Gasteiger partial charge in [0.2, 0.25) is 0 Å². The van der Waals surface area contributed by atoms with Crippen LogP contribution in [0, 0.1) is 18.3 Å². The molecule has 0 spiro atoms. The van der Waals surface area contributed by atoms with Crippen molar-refractivity contribution >= 4 is 12.2 Å². The fraction of sp³-hybridized carbons (Fsp3) is 0.188. The molecule has 2 aromatic rings. The van der Waals surface area contributed by atoms with Crippen molar-refractivity contribution in [3.8, 4) is 17.6 Å². The summed E-state index contributed by atoms with van der Waals surface area (Å²) in [5.74, 6) is 0.0797. The molecule has 6 nitrogen and oxygen atoms in total. The maximum atomic E-state index is 12.4. The number of hydrogen-bond acceptors (Lipinski definition) is 5. The van der Waals surface area contributed by atoms with Crippen molar-refractivity contribution in [2.75, 3.05) is 7.11 Å². The molecule has 0 aliphatic rings. The van der Waals surface area contributed by atoms with Crippen LogP contribution in [0.3, 0.4) is 0 Å². The number of nitrogens with zero attached hydrogens (tertiary/aromatic N) is 2. The average Bonchev–Trinajstić information content (AvgIpc) is 2.54. The van der Waals surface area contributed by atoms with Crippen LogP contribution in [0.1, 0.15) is 22.4 Å². The van der Waals surface area contributed by atoms with Gasteiger partial charge in [-0.05, 0) is 36.3 Å². The average molecular weight is 333 g/mol. The van der Waals surface area contributed by atoms with E-state index in [-0.39, 0.29) is 17.1 Å². The summed E-state index contributed by atoms with van der Waals surface area (Å²) in [7, 11) is 1.35. The van der Waals surface area contributed by atoms with Gasteiger partial charge in [0, 0.05) is 0 Å². The summed E-state index contributed by atoms with van der Waals surface area (Å²) in [6.45, 7) is -1.38. The molecule has 8 heteroatoms. The van der Waals surface area contributed by atoms with E-state index in [1.807, 2.05) is 6.07 Å². The zero-order valence-electron chi connectivity index (χ0n) is 12.8. The Morgan fingerprint density at radius 3 is 2.71 bits per heavy atom. The summed E-state index contributed by atoms with van der Waals surface area (Å²) in [5, 5.41) is 15.0. The van der Waals surface area contributed by atoms with Crippen LogP contribution in [-0.2, 0) is 0 Å². The molecule has 1 N–H and O–H groups in total. The predicted octanol–water partition coefficient (Wildman–Crippen LogP) is 2.73. The zero-order chi connectivity index (χ0) is 17.7. The third kappa shape index (κ3) is 3.76. The summed E-state index contributed by atoms with van der Waals surface area (Å²) in [4.78, 5) is 11.4. The van der Waals surface area contributed by atoms with Crippen LogP contribution < -0.4 is 15.0 Å². The molecule has 1 heterocycles. The minimum absolute atomic E-state index is 0.0268. The van der Waals surface area contributed by atoms with Crippen LogP contribution in [0.15, 0.2) is 23.0 Å². The molecule has 124 valence electrons. The van der Waals surface area contributed by atoms with Gasteiger partial charge in [0.15, 0.2) is 11.5 Å². The van der Waals surface area contributed by atoms with E-state index in [4.69, 9.17) is 10.00 Å². The first kappa shape index (κ1) is 17.1. The van der Waals surface area contributed by atoms with E-state index in [0.717, 1.165) is 0 Å². The second-order valence-corrected chi connectivity index (χ2v) is 4.67. The van der Waals surface area contributed by atoms with E-state index in [9.17, 15) is 13.6 Å². The van der Waals surface area contributed by atoms with E-state index in [1.165, 1.54) is 19.2 Å². The van der Waals surface area contributed by atoms with Crippen LogP contribution in [0.5, 0.6) is 11.5 Å². The van der Waals surface area contributed by atoms with Crippen molar-refractivity contribution in [1.82, 2.24) is 10.2 Å². The topological polar surface area (TPSA) is 88.0 Å². The number of methoxy groups -OCH3 is 1. The number of halogens is 2. The zero-order valence-corrected chi connectivity index (χ0v) is 12.8. The Bertz CT molecular complexity index is 870. The van der Waals surface area contributed by atoms with E-state index in [1.54, 1.807) is 25.1 Å². The molecule has 0 radical (unpaired) electrons. The second kappa shape index (κ2) is 7.37. The first-order valence-electron chi connectivity index (χ1n) is 6.76. The quantitative estimate of drug-likeness (QED) is 0.909. The van der Waals surface area contributed by atoms with Crippen molar-refractivity contribution < 1.29 is 18.3 Å². The minimum Gasteiger partial charge on any atom is -0.493 e. The largest absolute Gasteiger partial charge is 0.493 e. The Kier molecular flexibility index (Phi) is 5.27. The minimum atomic E-state index is -2.97. The van der Waals surface area contributed by atoms with Gasteiger partial charge < -0.3 is 9.47 Å². The number of ether oxygens (including phenoxy) is 2. The lowest BCUT2D eigenvalue weighted by Gasteiger charge is -2.10. The lowest BCUT2D eigenvalue weighted by Crippen LogP contribution is -2.15. The lowest BCUT2D eigenvalue weighted by molar-refractivity contribution is -0.0512. The van der Waals surface area contributed by atoms with Crippen molar-refractivity contribution in [2.24, 2.45) is 0 Å². The summed E-state index contributed by atoms with van der Waals surface area (Å²) in [5.41, 5.74) is 0.774. The molecule has 1 aromatic heterocycles. The van der Waals surface area contributed by atoms with E-state index in [2.05, 4.69) is 14.9 Å². The fourth-order valence-corrected chi connectivity index (χ4v) is 2.01. The van der Waals surface area contributed by atoms with Gasteiger partial charge in [0.05, 0.1) is 12.8 Å². The number of alkyl halides is 2. The Morgan fingerprint density at radius 1 is 1.33 bits per heavy atom. The molecule has 0 amide bonds. The summed E-state index contributed by atoms with van der Waals surface area (Å²) in [6.07, 6.45) is 3.15. The number of aromatic nitrogens is 2. The highest BCUT2D eigenvalue weighted by Gasteiger charge is 2.11. The van der Waals surface area contributed by atoms with Gasteiger partial charge in [-0.15, -0.1) is 0 Å². The fourth-order valence-electron chi connectivity index (χ4n) is 2.01. The number of nitriles is 1. The van der Waals surface area contributed by atoms with E-state index in [0.29, 0.717) is 16.8 Å². The monoisotopic (exact) mass is 333 g/mol. The van der Waals surface area contributed by atoms with Crippen LogP contribution in [0.4, 0.5) is 8.78 Å². The molecular formula is C16H13F2N3O3. The molecule has 24 heavy (non-hydrogen) atoms. The van der Waals surface area contributed by atoms with Gasteiger partial charge in [0.1, 0.15) is 11.6 Å². The van der Waals surface area contributed by atoms with E-state index < -0.39 is 12.2 Å². The molecule has 0 aliphatic carbocycles. The third-order valence-electron chi connectivity index (χ3n) is 3.21. The number of rotatable bonds is 5. The Labute approximate surface area is 136 Å². The maximum absolute atomic E-state index is 12.4. The van der Waals surface area contributed by atoms with Gasteiger partial charge in [-0.25, -0.2) is 5.10 Å². The molecule has 2 rings (SSSR count). The van der Waals surface area contributed by atoms with Gasteiger partial charge in [-0.2, -0.15) is 19.1 Å². The maximum Gasteiger partial charge on any atom is 0.387 e. The molecule has 0 bridgehead atoms. The number of H-pyrrole nitrogens is 1. The predicted molar refractivity (Wildman–Crippen MR) is 82.9 cm³/mol. The van der Waals surface area contributed by atoms with Gasteiger partial charge in [0.25, 0.3) is 5.56 Å². The Hall–Kier alpha value is -3.21. The summed E-state index contributed by atoms with van der Waals surface area (Å²) in [6, 6.07) is 6.32. The van der Waals surface area contributed by atoms with Crippen LogP contribution in [0.25, 0.3) is 12.2 Å². The SMILES string of the molecule is COc1ccc(/C=C/c2n[nH]c(=O)c(C#N)c2C)cc1OC(F)F. The Morgan fingerprint density at radius 2 is 2.08 bits per heavy atom. The molecule has 0 atom stereocenters. The van der Waals surface area contributed by atoms with Crippen molar-refractivity contribution in [3.63, 3.8) is 0 Å². The molecule has 0 unspecified atom stereocenters. The van der Waals surface area contributed by atoms with Gasteiger partial charge >= 0.3 is 6.61 Å². The van der Waals surface area contributed by atoms with Crippen molar-refractivity contribution in [2.45, 2.75) is 13.5 Å². The van der Waals surface area contributed by atoms with Crippen molar-refractivity contribution in [1.29, 1.82) is 5.26 Å². The molecule has 0 fully saturated rings. The van der Waals surface area contributed by atoms with Crippen LogP contribution in [-0.4, -0.2) is 23.9 Å². The Balaban J connectivity index is 2.36. The molecule has 0 saturated heterocycles. The van der Waals surface area contributed by atoms with Crippen LogP contribution in [0.2, 0.25) is 0 Å². The summed E-state index contributed by atoms with van der Waals surface area (Å²) < 4.78 is 34.2. The first-order chi connectivity index (χ1) is 11.5. The van der Waals surface area contributed by atoms with E-state index >= 15 is 0 Å². The van der Waals surface area contributed by atoms with Crippen molar-refractivity contribution in [3.05, 3.63) is 50.9 Å². The standard InChI is InChI=1S/C16H13F2N3O3/c1-9-11(8-19)15(22)21-20-12(9)5-3-10-4-6-13(23-2)14(7-10)24-16(17)18/h3-7,16H,1-2H3,(H,21,22)/b5-3+. The lowest BCUT2D eigenvalue weighted by atomic mass is 10.1. The van der Waals surface area contributed by atoms with Gasteiger partial charge in [-0.1, -0.05) is 12.1 Å². The molecule has 0 saturated carbocycles. The number of aromatic amines is 1. The molecule has 1 aromatic carbocycles. The number of benzene rings is 1. The highest BCUT2D eigenvalue weighted by molar-refractivity contribution is 5.71. The third-order valence-corrected chi connectivity index (χ3v) is 3.21. The molecular weight excluding hydrogens is 320 g/mol. The van der Waals surface area contributed by atoms with Gasteiger partial charge in [-0.3, -0.25) is 4.79 Å². The number of nitrogens with one attached hydrogen (secondary N) is 1. The molecule has 0 aliphatic heterocycles. The van der Waals surface area contributed by atoms with Crippen LogP contribution >= 0.6 is 0 Å². The normalized spacial score (nSPS) is 10.8. The summed E-state index contributed by atoms with van der Waals surface area (Å²) >= 11 is 0. The highest BCUT2D eigenvalue weighted by atomic mass is 19.3. The number of hydrogen-bond donors (Lipinski definition) is 1. The second-order valence-electron chi connectivity index (χ2n) is 4.67. The first-order valence-corrected chi connectivity index (χ1v) is 6.76.